The van der Waals surface area contributed by atoms with Gasteiger partial charge in [0, 0.05) is 11.6 Å². The van der Waals surface area contributed by atoms with Crippen LogP contribution in [0.1, 0.15) is 19.4 Å². The summed E-state index contributed by atoms with van der Waals surface area (Å²) in [6.07, 6.45) is 4.80. The molecular formula is C14H15NO2. The molecule has 1 aromatic heterocycles. The van der Waals surface area contributed by atoms with Crippen LogP contribution in [0.3, 0.4) is 0 Å². The standard InChI is InChI=1S/C14H15NO2/c1-10(2)3-4-11-5-6-13-12(9-11)7-8-15(13)14(16)17/h3-10H,1-2H3,(H,16,17). The summed E-state index contributed by atoms with van der Waals surface area (Å²) in [5.74, 6) is 0.509. The Morgan fingerprint density at radius 3 is 2.76 bits per heavy atom. The first-order valence-corrected chi connectivity index (χ1v) is 5.60. The van der Waals surface area contributed by atoms with Gasteiger partial charge in [-0.2, -0.15) is 0 Å². The molecule has 0 aliphatic rings. The van der Waals surface area contributed by atoms with Gasteiger partial charge in [-0.3, -0.25) is 4.57 Å². The van der Waals surface area contributed by atoms with E-state index < -0.39 is 6.09 Å². The third-order valence-electron chi connectivity index (χ3n) is 2.59. The first-order valence-electron chi connectivity index (χ1n) is 5.60. The topological polar surface area (TPSA) is 42.2 Å². The highest BCUT2D eigenvalue weighted by Crippen LogP contribution is 2.18. The molecule has 0 saturated carbocycles. The summed E-state index contributed by atoms with van der Waals surface area (Å²) in [7, 11) is 0. The lowest BCUT2D eigenvalue weighted by Crippen LogP contribution is -2.05. The average Bonchev–Trinajstić information content (AvgIpc) is 2.69. The van der Waals surface area contributed by atoms with Crippen LogP contribution in [0.4, 0.5) is 4.79 Å². The van der Waals surface area contributed by atoms with Gasteiger partial charge in [0.05, 0.1) is 5.52 Å². The van der Waals surface area contributed by atoms with Crippen molar-refractivity contribution in [1.82, 2.24) is 4.57 Å². The Morgan fingerprint density at radius 1 is 1.35 bits per heavy atom. The second kappa shape index (κ2) is 4.45. The summed E-state index contributed by atoms with van der Waals surface area (Å²) in [5, 5.41) is 9.91. The number of hydrogen-bond donors (Lipinski definition) is 1. The van der Waals surface area contributed by atoms with E-state index in [1.54, 1.807) is 6.20 Å². The van der Waals surface area contributed by atoms with Gasteiger partial charge in [0.2, 0.25) is 0 Å². The third kappa shape index (κ3) is 2.38. The maximum absolute atomic E-state index is 10.9. The lowest BCUT2D eigenvalue weighted by Gasteiger charge is -1.99. The maximum atomic E-state index is 10.9. The van der Waals surface area contributed by atoms with Crippen molar-refractivity contribution < 1.29 is 9.90 Å². The van der Waals surface area contributed by atoms with Crippen molar-refractivity contribution in [2.24, 2.45) is 5.92 Å². The minimum Gasteiger partial charge on any atom is -0.464 e. The molecule has 1 heterocycles. The fourth-order valence-corrected chi connectivity index (χ4v) is 1.74. The van der Waals surface area contributed by atoms with Gasteiger partial charge < -0.3 is 5.11 Å². The van der Waals surface area contributed by atoms with Crippen LogP contribution in [0.2, 0.25) is 0 Å². The third-order valence-corrected chi connectivity index (χ3v) is 2.59. The maximum Gasteiger partial charge on any atom is 0.415 e. The van der Waals surface area contributed by atoms with Crippen LogP contribution in [0, 0.1) is 5.92 Å². The molecule has 0 bridgehead atoms. The molecule has 17 heavy (non-hydrogen) atoms. The van der Waals surface area contributed by atoms with Crippen LogP contribution >= 0.6 is 0 Å². The number of carbonyl (C=O) groups is 1. The molecule has 1 N–H and O–H groups in total. The molecule has 0 aliphatic carbocycles. The van der Waals surface area contributed by atoms with E-state index in [0.29, 0.717) is 5.92 Å². The second-order valence-electron chi connectivity index (χ2n) is 4.39. The largest absolute Gasteiger partial charge is 0.464 e. The van der Waals surface area contributed by atoms with Crippen LogP contribution in [-0.2, 0) is 0 Å². The van der Waals surface area contributed by atoms with Gasteiger partial charge in [-0.05, 0) is 29.7 Å². The molecular weight excluding hydrogens is 214 g/mol. The van der Waals surface area contributed by atoms with Crippen LogP contribution in [0.5, 0.6) is 0 Å². The van der Waals surface area contributed by atoms with Gasteiger partial charge in [-0.1, -0.05) is 32.1 Å². The highest BCUT2D eigenvalue weighted by molar-refractivity contribution is 5.90. The predicted molar refractivity (Wildman–Crippen MR) is 69.2 cm³/mol. The average molecular weight is 229 g/mol. The zero-order valence-electron chi connectivity index (χ0n) is 9.92. The SMILES string of the molecule is CC(C)C=Cc1ccc2c(ccn2C(=O)O)c1. The van der Waals surface area contributed by atoms with E-state index >= 15 is 0 Å². The summed E-state index contributed by atoms with van der Waals surface area (Å²) in [6.45, 7) is 4.24. The highest BCUT2D eigenvalue weighted by atomic mass is 16.4. The van der Waals surface area contributed by atoms with Gasteiger partial charge in [-0.15, -0.1) is 0 Å². The van der Waals surface area contributed by atoms with Crippen LogP contribution in [-0.4, -0.2) is 15.8 Å². The first-order chi connectivity index (χ1) is 8.08. The number of fused-ring (bicyclic) bond motifs is 1. The minimum absolute atomic E-state index is 0.509. The molecule has 3 heteroatoms. The zero-order valence-corrected chi connectivity index (χ0v) is 9.92. The smallest absolute Gasteiger partial charge is 0.415 e. The van der Waals surface area contributed by atoms with Crippen molar-refractivity contribution >= 4 is 23.1 Å². The fourth-order valence-electron chi connectivity index (χ4n) is 1.74. The van der Waals surface area contributed by atoms with E-state index in [1.807, 2.05) is 24.3 Å². The van der Waals surface area contributed by atoms with E-state index in [4.69, 9.17) is 5.11 Å². The normalized spacial score (nSPS) is 11.7. The Labute approximate surface area is 100.0 Å². The van der Waals surface area contributed by atoms with E-state index in [-0.39, 0.29) is 0 Å². The molecule has 88 valence electrons. The molecule has 0 amide bonds. The predicted octanol–water partition coefficient (Wildman–Crippen LogP) is 3.84. The summed E-state index contributed by atoms with van der Waals surface area (Å²) in [4.78, 5) is 10.9. The molecule has 0 fully saturated rings. The highest BCUT2D eigenvalue weighted by Gasteiger charge is 2.06. The molecule has 2 rings (SSSR count). The first kappa shape index (κ1) is 11.5. The molecule has 1 aromatic carbocycles. The molecule has 0 unspecified atom stereocenters. The quantitative estimate of drug-likeness (QED) is 0.850. The molecule has 0 saturated heterocycles. The van der Waals surface area contributed by atoms with Crippen molar-refractivity contribution in [3.8, 4) is 0 Å². The number of benzene rings is 1. The Balaban J connectivity index is 2.43. The molecule has 2 aromatic rings. The van der Waals surface area contributed by atoms with Crippen LogP contribution in [0.15, 0.2) is 36.5 Å². The van der Waals surface area contributed by atoms with Crippen LogP contribution < -0.4 is 0 Å². The number of allylic oxidation sites excluding steroid dienone is 1. The number of nitrogens with zero attached hydrogens (tertiary/aromatic N) is 1. The molecule has 0 radical (unpaired) electrons. The van der Waals surface area contributed by atoms with Crippen molar-refractivity contribution in [2.75, 3.05) is 0 Å². The molecule has 0 aliphatic heterocycles. The van der Waals surface area contributed by atoms with Crippen molar-refractivity contribution in [1.29, 1.82) is 0 Å². The number of rotatable bonds is 2. The van der Waals surface area contributed by atoms with E-state index in [2.05, 4.69) is 26.0 Å². The van der Waals surface area contributed by atoms with Gasteiger partial charge in [0.15, 0.2) is 0 Å². The van der Waals surface area contributed by atoms with Gasteiger partial charge in [0.1, 0.15) is 0 Å². The lowest BCUT2D eigenvalue weighted by atomic mass is 10.1. The molecule has 3 nitrogen and oxygen atoms in total. The second-order valence-corrected chi connectivity index (χ2v) is 4.39. The summed E-state index contributed by atoms with van der Waals surface area (Å²) >= 11 is 0. The van der Waals surface area contributed by atoms with Crippen molar-refractivity contribution in [3.63, 3.8) is 0 Å². The Hall–Kier alpha value is -2.03. The lowest BCUT2D eigenvalue weighted by molar-refractivity contribution is 0.197. The Kier molecular flexibility index (Phi) is 3.00. The number of aromatic nitrogens is 1. The monoisotopic (exact) mass is 229 g/mol. The van der Waals surface area contributed by atoms with E-state index in [0.717, 1.165) is 16.5 Å². The van der Waals surface area contributed by atoms with Crippen molar-refractivity contribution in [2.45, 2.75) is 13.8 Å². The molecule has 0 atom stereocenters. The fraction of sp³-hybridized carbons (Fsp3) is 0.214. The summed E-state index contributed by atoms with van der Waals surface area (Å²) in [6, 6.07) is 7.58. The van der Waals surface area contributed by atoms with Gasteiger partial charge in [-0.25, -0.2) is 4.79 Å². The Morgan fingerprint density at radius 2 is 2.12 bits per heavy atom. The number of hydrogen-bond acceptors (Lipinski definition) is 1. The van der Waals surface area contributed by atoms with Gasteiger partial charge >= 0.3 is 6.09 Å². The number of carboxylic acid groups (broad SMARTS) is 1. The van der Waals surface area contributed by atoms with E-state index in [9.17, 15) is 4.79 Å². The minimum atomic E-state index is -0.953. The Bertz CT molecular complexity index is 579. The zero-order chi connectivity index (χ0) is 12.4. The summed E-state index contributed by atoms with van der Waals surface area (Å²) < 4.78 is 1.23. The van der Waals surface area contributed by atoms with Crippen LogP contribution in [0.25, 0.3) is 17.0 Å². The van der Waals surface area contributed by atoms with E-state index in [1.165, 1.54) is 4.57 Å². The summed E-state index contributed by atoms with van der Waals surface area (Å²) in [5.41, 5.74) is 1.81. The van der Waals surface area contributed by atoms with Gasteiger partial charge in [0.25, 0.3) is 0 Å². The molecule has 0 spiro atoms. The van der Waals surface area contributed by atoms with Crippen molar-refractivity contribution in [3.05, 3.63) is 42.1 Å².